The molecule has 0 aromatic heterocycles. The number of rotatable bonds is 3. The fourth-order valence-electron chi connectivity index (χ4n) is 2.01. The molecule has 2 heteroatoms. The maximum Gasteiger partial charge on any atom is 0.122 e. The van der Waals surface area contributed by atoms with Crippen LogP contribution in [0.5, 0.6) is 5.75 Å². The Balaban J connectivity index is 2.10. The lowest BCUT2D eigenvalue weighted by molar-refractivity contribution is 0.311. The van der Waals surface area contributed by atoms with Crippen molar-refractivity contribution in [1.82, 2.24) is 0 Å². The molecular weight excluding hydrogens is 174 g/mol. The number of ether oxygens (including phenoxy) is 1. The molecule has 0 amide bonds. The van der Waals surface area contributed by atoms with Crippen LogP contribution >= 0.6 is 0 Å². The first-order chi connectivity index (χ1) is 6.81. The molecule has 76 valence electrons. The van der Waals surface area contributed by atoms with Gasteiger partial charge >= 0.3 is 0 Å². The van der Waals surface area contributed by atoms with Gasteiger partial charge in [0, 0.05) is 11.5 Å². The second kappa shape index (κ2) is 4.01. The molecule has 2 atom stereocenters. The summed E-state index contributed by atoms with van der Waals surface area (Å²) in [7, 11) is 0. The van der Waals surface area contributed by atoms with Crippen LogP contribution in [0.3, 0.4) is 0 Å². The summed E-state index contributed by atoms with van der Waals surface area (Å²) in [6.07, 6.45) is 1.13. The Morgan fingerprint density at radius 3 is 3.07 bits per heavy atom. The summed E-state index contributed by atoms with van der Waals surface area (Å²) in [4.78, 5) is 0. The molecule has 0 spiro atoms. The minimum atomic E-state index is 0.546. The van der Waals surface area contributed by atoms with E-state index >= 15 is 0 Å². The van der Waals surface area contributed by atoms with Gasteiger partial charge in [-0.05, 0) is 24.9 Å². The first-order valence-corrected chi connectivity index (χ1v) is 5.23. The smallest absolute Gasteiger partial charge is 0.122 e. The molecule has 0 saturated carbocycles. The third-order valence-corrected chi connectivity index (χ3v) is 2.89. The first-order valence-electron chi connectivity index (χ1n) is 5.23. The zero-order valence-electron chi connectivity index (χ0n) is 8.57. The Morgan fingerprint density at radius 2 is 2.29 bits per heavy atom. The SMILES string of the molecule is CC(CN)CC1COc2ccccc21. The molecule has 2 unspecified atom stereocenters. The highest BCUT2D eigenvalue weighted by Gasteiger charge is 2.24. The van der Waals surface area contributed by atoms with Crippen molar-refractivity contribution in [3.8, 4) is 5.75 Å². The van der Waals surface area contributed by atoms with Gasteiger partial charge in [-0.3, -0.25) is 0 Å². The van der Waals surface area contributed by atoms with Crippen molar-refractivity contribution in [2.24, 2.45) is 11.7 Å². The molecule has 0 radical (unpaired) electrons. The van der Waals surface area contributed by atoms with Gasteiger partial charge in [0.05, 0.1) is 6.61 Å². The van der Waals surface area contributed by atoms with Gasteiger partial charge in [-0.2, -0.15) is 0 Å². The van der Waals surface area contributed by atoms with Crippen LogP contribution in [-0.4, -0.2) is 13.2 Å². The van der Waals surface area contributed by atoms with Crippen molar-refractivity contribution >= 4 is 0 Å². The van der Waals surface area contributed by atoms with E-state index in [0.29, 0.717) is 11.8 Å². The number of hydrogen-bond acceptors (Lipinski definition) is 2. The molecule has 1 heterocycles. The number of fused-ring (bicyclic) bond motifs is 1. The molecule has 0 saturated heterocycles. The van der Waals surface area contributed by atoms with E-state index in [9.17, 15) is 0 Å². The normalized spacial score (nSPS) is 21.4. The molecule has 0 bridgehead atoms. The molecule has 1 aliphatic heterocycles. The molecule has 2 rings (SSSR count). The average Bonchev–Trinajstić information content (AvgIpc) is 2.62. The van der Waals surface area contributed by atoms with E-state index in [1.165, 1.54) is 5.56 Å². The highest BCUT2D eigenvalue weighted by Crippen LogP contribution is 2.36. The third kappa shape index (κ3) is 1.75. The Labute approximate surface area is 85.1 Å². The van der Waals surface area contributed by atoms with Gasteiger partial charge in [0.1, 0.15) is 5.75 Å². The molecule has 2 N–H and O–H groups in total. The monoisotopic (exact) mass is 191 g/mol. The van der Waals surface area contributed by atoms with E-state index in [2.05, 4.69) is 19.1 Å². The summed E-state index contributed by atoms with van der Waals surface area (Å²) in [5, 5.41) is 0. The zero-order valence-corrected chi connectivity index (χ0v) is 8.57. The van der Waals surface area contributed by atoms with E-state index in [1.807, 2.05) is 12.1 Å². The second-order valence-electron chi connectivity index (χ2n) is 4.12. The maximum absolute atomic E-state index is 5.63. The van der Waals surface area contributed by atoms with Gasteiger partial charge in [-0.1, -0.05) is 25.1 Å². The van der Waals surface area contributed by atoms with Crippen LogP contribution in [0.2, 0.25) is 0 Å². The first kappa shape index (κ1) is 9.53. The Morgan fingerprint density at radius 1 is 1.50 bits per heavy atom. The van der Waals surface area contributed by atoms with Crippen LogP contribution in [0.25, 0.3) is 0 Å². The molecule has 1 aromatic carbocycles. The molecular formula is C12H17NO. The quantitative estimate of drug-likeness (QED) is 0.794. The standard InChI is InChI=1S/C12H17NO/c1-9(7-13)6-10-8-14-12-5-3-2-4-11(10)12/h2-5,9-10H,6-8,13H2,1H3. The number of hydrogen-bond donors (Lipinski definition) is 1. The zero-order chi connectivity index (χ0) is 9.97. The van der Waals surface area contributed by atoms with E-state index in [0.717, 1.165) is 25.3 Å². The molecule has 1 aromatic rings. The molecule has 0 fully saturated rings. The van der Waals surface area contributed by atoms with Crippen LogP contribution in [0.15, 0.2) is 24.3 Å². The highest BCUT2D eigenvalue weighted by molar-refractivity contribution is 5.39. The fraction of sp³-hybridized carbons (Fsp3) is 0.500. The van der Waals surface area contributed by atoms with Gasteiger partial charge in [0.2, 0.25) is 0 Å². The molecule has 14 heavy (non-hydrogen) atoms. The average molecular weight is 191 g/mol. The van der Waals surface area contributed by atoms with Gasteiger partial charge in [-0.15, -0.1) is 0 Å². The Hall–Kier alpha value is -1.02. The van der Waals surface area contributed by atoms with Crippen molar-refractivity contribution in [3.05, 3.63) is 29.8 Å². The maximum atomic E-state index is 5.63. The van der Waals surface area contributed by atoms with Crippen LogP contribution < -0.4 is 10.5 Å². The minimum Gasteiger partial charge on any atom is -0.493 e. The summed E-state index contributed by atoms with van der Waals surface area (Å²) in [5.74, 6) is 2.18. The predicted octanol–water partition coefficient (Wildman–Crippen LogP) is 2.15. The largest absolute Gasteiger partial charge is 0.493 e. The van der Waals surface area contributed by atoms with Gasteiger partial charge in [-0.25, -0.2) is 0 Å². The lowest BCUT2D eigenvalue weighted by atomic mass is 9.91. The molecule has 2 nitrogen and oxygen atoms in total. The van der Waals surface area contributed by atoms with E-state index < -0.39 is 0 Å². The van der Waals surface area contributed by atoms with E-state index in [4.69, 9.17) is 10.5 Å². The summed E-state index contributed by atoms with van der Waals surface area (Å²) in [6, 6.07) is 8.31. The van der Waals surface area contributed by atoms with Gasteiger partial charge in [0.15, 0.2) is 0 Å². The van der Waals surface area contributed by atoms with Crippen molar-refractivity contribution in [2.75, 3.05) is 13.2 Å². The molecule has 1 aliphatic rings. The molecule has 0 aliphatic carbocycles. The van der Waals surface area contributed by atoms with Crippen LogP contribution in [0.1, 0.15) is 24.8 Å². The number of nitrogens with two attached hydrogens (primary N) is 1. The third-order valence-electron chi connectivity index (χ3n) is 2.89. The van der Waals surface area contributed by atoms with Crippen molar-refractivity contribution in [3.63, 3.8) is 0 Å². The van der Waals surface area contributed by atoms with E-state index in [1.54, 1.807) is 0 Å². The highest BCUT2D eigenvalue weighted by atomic mass is 16.5. The lowest BCUT2D eigenvalue weighted by Crippen LogP contribution is -2.15. The van der Waals surface area contributed by atoms with Crippen LogP contribution in [-0.2, 0) is 0 Å². The lowest BCUT2D eigenvalue weighted by Gasteiger charge is -2.13. The second-order valence-corrected chi connectivity index (χ2v) is 4.12. The summed E-state index contributed by atoms with van der Waals surface area (Å²) >= 11 is 0. The topological polar surface area (TPSA) is 35.2 Å². The number of benzene rings is 1. The Bertz CT molecular complexity index is 311. The van der Waals surface area contributed by atoms with Gasteiger partial charge < -0.3 is 10.5 Å². The summed E-state index contributed by atoms with van der Waals surface area (Å²) in [6.45, 7) is 3.78. The van der Waals surface area contributed by atoms with Crippen molar-refractivity contribution in [1.29, 1.82) is 0 Å². The van der Waals surface area contributed by atoms with Crippen LogP contribution in [0.4, 0.5) is 0 Å². The fourth-order valence-corrected chi connectivity index (χ4v) is 2.01. The van der Waals surface area contributed by atoms with Crippen molar-refractivity contribution < 1.29 is 4.74 Å². The summed E-state index contributed by atoms with van der Waals surface area (Å²) < 4.78 is 5.62. The predicted molar refractivity (Wildman–Crippen MR) is 57.5 cm³/mol. The van der Waals surface area contributed by atoms with Crippen molar-refractivity contribution in [2.45, 2.75) is 19.3 Å². The van der Waals surface area contributed by atoms with Crippen LogP contribution in [0, 0.1) is 5.92 Å². The van der Waals surface area contributed by atoms with Gasteiger partial charge in [0.25, 0.3) is 0 Å². The minimum absolute atomic E-state index is 0.546. The summed E-state index contributed by atoms with van der Waals surface area (Å²) in [5.41, 5.74) is 6.98. The van der Waals surface area contributed by atoms with E-state index in [-0.39, 0.29) is 0 Å². The number of para-hydroxylation sites is 1. The Kier molecular flexibility index (Phi) is 2.73.